The molecule has 4 heteroatoms. The smallest absolute Gasteiger partial charge is 0.306 e. The summed E-state index contributed by atoms with van der Waals surface area (Å²) in [4.78, 5) is 10.9. The highest BCUT2D eigenvalue weighted by Crippen LogP contribution is 2.12. The molecule has 0 aliphatic carbocycles. The Morgan fingerprint density at radius 2 is 2.06 bits per heavy atom. The SMILES string of the molecule is COC(=O)CCN[C@H](C)c1ccc(F)cc1. The molecule has 16 heavy (non-hydrogen) atoms. The van der Waals surface area contributed by atoms with Crippen LogP contribution in [0.1, 0.15) is 24.9 Å². The molecule has 0 radical (unpaired) electrons. The highest BCUT2D eigenvalue weighted by Gasteiger charge is 2.06. The second-order valence-electron chi connectivity index (χ2n) is 3.55. The first-order chi connectivity index (χ1) is 7.63. The summed E-state index contributed by atoms with van der Waals surface area (Å²) in [5.74, 6) is -0.482. The van der Waals surface area contributed by atoms with Gasteiger partial charge in [-0.15, -0.1) is 0 Å². The van der Waals surface area contributed by atoms with Crippen molar-refractivity contribution in [3.05, 3.63) is 35.6 Å². The molecule has 1 aromatic rings. The standard InChI is InChI=1S/C12H16FNO2/c1-9(14-8-7-12(15)16-2)10-3-5-11(13)6-4-10/h3-6,9,14H,7-8H2,1-2H3/t9-/m1/s1. The van der Waals surface area contributed by atoms with E-state index in [1.807, 2.05) is 6.92 Å². The zero-order valence-electron chi connectivity index (χ0n) is 9.50. The summed E-state index contributed by atoms with van der Waals surface area (Å²) in [6, 6.07) is 6.39. The van der Waals surface area contributed by atoms with Crippen molar-refractivity contribution < 1.29 is 13.9 Å². The lowest BCUT2D eigenvalue weighted by atomic mass is 10.1. The Kier molecular flexibility index (Phi) is 4.92. The second kappa shape index (κ2) is 6.23. The first kappa shape index (κ1) is 12.6. The van der Waals surface area contributed by atoms with Crippen LogP contribution >= 0.6 is 0 Å². The first-order valence-corrected chi connectivity index (χ1v) is 5.19. The van der Waals surface area contributed by atoms with Crippen LogP contribution in [0.2, 0.25) is 0 Å². The zero-order valence-corrected chi connectivity index (χ0v) is 9.50. The Bertz CT molecular complexity index is 337. The van der Waals surface area contributed by atoms with Gasteiger partial charge in [0, 0.05) is 12.6 Å². The van der Waals surface area contributed by atoms with Gasteiger partial charge in [0.2, 0.25) is 0 Å². The van der Waals surface area contributed by atoms with Crippen LogP contribution in [0, 0.1) is 5.82 Å². The predicted molar refractivity (Wildman–Crippen MR) is 59.5 cm³/mol. The van der Waals surface area contributed by atoms with Gasteiger partial charge in [-0.3, -0.25) is 4.79 Å². The van der Waals surface area contributed by atoms with Gasteiger partial charge in [0.15, 0.2) is 0 Å². The monoisotopic (exact) mass is 225 g/mol. The third-order valence-electron chi connectivity index (χ3n) is 2.38. The fraction of sp³-hybridized carbons (Fsp3) is 0.417. The van der Waals surface area contributed by atoms with E-state index >= 15 is 0 Å². The topological polar surface area (TPSA) is 38.3 Å². The third kappa shape index (κ3) is 3.98. The fourth-order valence-corrected chi connectivity index (χ4v) is 1.36. The Hall–Kier alpha value is -1.42. The molecule has 88 valence electrons. The summed E-state index contributed by atoms with van der Waals surface area (Å²) < 4.78 is 17.2. The van der Waals surface area contributed by atoms with Gasteiger partial charge < -0.3 is 10.1 Å². The van der Waals surface area contributed by atoms with E-state index in [2.05, 4.69) is 10.1 Å². The maximum atomic E-state index is 12.7. The van der Waals surface area contributed by atoms with Crippen LogP contribution < -0.4 is 5.32 Å². The van der Waals surface area contributed by atoms with Crippen LogP contribution in [0.4, 0.5) is 4.39 Å². The molecule has 0 fully saturated rings. The summed E-state index contributed by atoms with van der Waals surface area (Å²) in [7, 11) is 1.37. The molecule has 0 aromatic heterocycles. The number of ether oxygens (including phenoxy) is 1. The van der Waals surface area contributed by atoms with E-state index in [4.69, 9.17) is 0 Å². The molecule has 0 unspecified atom stereocenters. The Labute approximate surface area is 94.6 Å². The molecule has 0 saturated carbocycles. The summed E-state index contributed by atoms with van der Waals surface area (Å²) in [6.45, 7) is 2.51. The predicted octanol–water partition coefficient (Wildman–Crippen LogP) is 2.04. The number of hydrogen-bond acceptors (Lipinski definition) is 3. The van der Waals surface area contributed by atoms with Gasteiger partial charge in [0.1, 0.15) is 5.82 Å². The Balaban J connectivity index is 2.37. The Morgan fingerprint density at radius 3 is 2.62 bits per heavy atom. The molecule has 1 rings (SSSR count). The lowest BCUT2D eigenvalue weighted by Gasteiger charge is -2.13. The van der Waals surface area contributed by atoms with Gasteiger partial charge in [0.25, 0.3) is 0 Å². The molecule has 1 aromatic carbocycles. The molecule has 0 aliphatic heterocycles. The molecule has 0 heterocycles. The number of carbonyl (C=O) groups excluding carboxylic acids is 1. The van der Waals surface area contributed by atoms with Crippen molar-refractivity contribution >= 4 is 5.97 Å². The van der Waals surface area contributed by atoms with Crippen molar-refractivity contribution in [2.24, 2.45) is 0 Å². The normalized spacial score (nSPS) is 12.2. The minimum Gasteiger partial charge on any atom is -0.469 e. The van der Waals surface area contributed by atoms with E-state index < -0.39 is 0 Å². The average molecular weight is 225 g/mol. The maximum absolute atomic E-state index is 12.7. The van der Waals surface area contributed by atoms with Crippen molar-refractivity contribution in [3.8, 4) is 0 Å². The minimum absolute atomic E-state index is 0.0882. The van der Waals surface area contributed by atoms with Gasteiger partial charge in [0.05, 0.1) is 13.5 Å². The summed E-state index contributed by atoms with van der Waals surface area (Å²) >= 11 is 0. The number of hydrogen-bond donors (Lipinski definition) is 1. The highest BCUT2D eigenvalue weighted by molar-refractivity contribution is 5.69. The summed E-state index contributed by atoms with van der Waals surface area (Å²) in [6.07, 6.45) is 0.335. The molecule has 0 amide bonds. The van der Waals surface area contributed by atoms with Crippen LogP contribution in [-0.2, 0) is 9.53 Å². The highest BCUT2D eigenvalue weighted by atomic mass is 19.1. The summed E-state index contributed by atoms with van der Waals surface area (Å²) in [5.41, 5.74) is 0.992. The van der Waals surface area contributed by atoms with Crippen LogP contribution in [0.3, 0.4) is 0 Å². The van der Waals surface area contributed by atoms with Crippen molar-refractivity contribution in [2.75, 3.05) is 13.7 Å². The molecule has 1 atom stereocenters. The van der Waals surface area contributed by atoms with Gasteiger partial charge in [-0.25, -0.2) is 4.39 Å². The molecule has 1 N–H and O–H groups in total. The largest absolute Gasteiger partial charge is 0.469 e. The number of esters is 1. The molecule has 3 nitrogen and oxygen atoms in total. The van der Waals surface area contributed by atoms with Crippen molar-refractivity contribution in [1.29, 1.82) is 0 Å². The molecule has 0 saturated heterocycles. The van der Waals surface area contributed by atoms with E-state index in [9.17, 15) is 9.18 Å². The van der Waals surface area contributed by atoms with Crippen molar-refractivity contribution in [1.82, 2.24) is 5.32 Å². The lowest BCUT2D eigenvalue weighted by molar-refractivity contribution is -0.140. The molecule has 0 bridgehead atoms. The van der Waals surface area contributed by atoms with Crippen LogP contribution in [0.25, 0.3) is 0 Å². The van der Waals surface area contributed by atoms with Gasteiger partial charge in [-0.2, -0.15) is 0 Å². The zero-order chi connectivity index (χ0) is 12.0. The third-order valence-corrected chi connectivity index (χ3v) is 2.38. The molecular formula is C12H16FNO2. The minimum atomic E-state index is -0.245. The van der Waals surface area contributed by atoms with E-state index in [1.54, 1.807) is 12.1 Å². The van der Waals surface area contributed by atoms with Gasteiger partial charge in [-0.1, -0.05) is 12.1 Å². The number of carbonyl (C=O) groups is 1. The van der Waals surface area contributed by atoms with E-state index in [0.717, 1.165) is 5.56 Å². The number of halogens is 1. The summed E-state index contributed by atoms with van der Waals surface area (Å²) in [5, 5.41) is 3.16. The van der Waals surface area contributed by atoms with Crippen LogP contribution in [-0.4, -0.2) is 19.6 Å². The number of benzene rings is 1. The Morgan fingerprint density at radius 1 is 1.44 bits per heavy atom. The number of nitrogens with one attached hydrogen (secondary N) is 1. The van der Waals surface area contributed by atoms with E-state index in [1.165, 1.54) is 19.2 Å². The van der Waals surface area contributed by atoms with Gasteiger partial charge >= 0.3 is 5.97 Å². The second-order valence-corrected chi connectivity index (χ2v) is 3.55. The maximum Gasteiger partial charge on any atom is 0.306 e. The average Bonchev–Trinajstić information content (AvgIpc) is 2.29. The first-order valence-electron chi connectivity index (χ1n) is 5.19. The molecule has 0 aliphatic rings. The lowest BCUT2D eigenvalue weighted by Crippen LogP contribution is -2.22. The van der Waals surface area contributed by atoms with Crippen LogP contribution in [0.15, 0.2) is 24.3 Å². The van der Waals surface area contributed by atoms with Crippen molar-refractivity contribution in [2.45, 2.75) is 19.4 Å². The molecule has 0 spiro atoms. The van der Waals surface area contributed by atoms with Gasteiger partial charge in [-0.05, 0) is 24.6 Å². The quantitative estimate of drug-likeness (QED) is 0.779. The number of methoxy groups -OCH3 is 1. The number of rotatable bonds is 5. The van der Waals surface area contributed by atoms with E-state index in [0.29, 0.717) is 13.0 Å². The van der Waals surface area contributed by atoms with Crippen LogP contribution in [0.5, 0.6) is 0 Å². The fourth-order valence-electron chi connectivity index (χ4n) is 1.36. The molecular weight excluding hydrogens is 209 g/mol. The van der Waals surface area contributed by atoms with E-state index in [-0.39, 0.29) is 17.8 Å². The van der Waals surface area contributed by atoms with Crippen molar-refractivity contribution in [3.63, 3.8) is 0 Å².